The number of hydrogen-bond donors (Lipinski definition) is 2. The van der Waals surface area contributed by atoms with Gasteiger partial charge in [0.2, 0.25) is 0 Å². The largest absolute Gasteiger partial charge is 0.487 e. The fourth-order valence-corrected chi connectivity index (χ4v) is 3.35. The summed E-state index contributed by atoms with van der Waals surface area (Å²) in [7, 11) is 1.76. The van der Waals surface area contributed by atoms with Crippen molar-refractivity contribution in [3.8, 4) is 5.75 Å². The van der Waals surface area contributed by atoms with Gasteiger partial charge in [-0.15, -0.1) is 0 Å². The molecule has 2 aromatic rings. The van der Waals surface area contributed by atoms with Gasteiger partial charge in [-0.05, 0) is 36.6 Å². The molecule has 7 heteroatoms. The van der Waals surface area contributed by atoms with Crippen LogP contribution in [0.3, 0.4) is 0 Å². The first kappa shape index (κ1) is 22.4. The Balaban J connectivity index is 1.49. The summed E-state index contributed by atoms with van der Waals surface area (Å²) in [6.45, 7) is 5.24. The van der Waals surface area contributed by atoms with Crippen LogP contribution in [0.5, 0.6) is 5.75 Å². The highest BCUT2D eigenvalue weighted by Crippen LogP contribution is 2.24. The molecular weight excluding hydrogens is 402 g/mol. The molecule has 1 aliphatic heterocycles. The molecule has 0 radical (unpaired) electrons. The van der Waals surface area contributed by atoms with E-state index < -0.39 is 0 Å². The molecule has 0 aliphatic carbocycles. The molecule has 0 saturated carbocycles. The van der Waals surface area contributed by atoms with Crippen molar-refractivity contribution in [2.24, 2.45) is 4.99 Å². The number of rotatable bonds is 9. The van der Waals surface area contributed by atoms with E-state index in [1.165, 1.54) is 0 Å². The van der Waals surface area contributed by atoms with Crippen molar-refractivity contribution >= 4 is 17.6 Å². The first-order chi connectivity index (χ1) is 14.7. The summed E-state index contributed by atoms with van der Waals surface area (Å²) in [5.41, 5.74) is 2.23. The maximum absolute atomic E-state index is 6.19. The van der Waals surface area contributed by atoms with Gasteiger partial charge in [-0.3, -0.25) is 4.99 Å². The van der Waals surface area contributed by atoms with E-state index >= 15 is 0 Å². The molecule has 1 aliphatic rings. The van der Waals surface area contributed by atoms with E-state index in [0.717, 1.165) is 30.1 Å². The molecule has 3 rings (SSSR count). The molecule has 2 atom stereocenters. The Bertz CT molecular complexity index is 825. The standard InChI is InChI=1S/C23H30ClN3O3/c1-17(14-29-20-11-12-28-16-20)27-23(25-2)26-13-18-7-3-4-8-19(18)15-30-22-10-6-5-9-21(22)24/h3-10,17,20H,11-16H2,1-2H3,(H2,25,26,27). The molecule has 1 heterocycles. The van der Waals surface area contributed by atoms with Crippen LogP contribution in [-0.2, 0) is 22.6 Å². The number of benzene rings is 2. The van der Waals surface area contributed by atoms with Crippen molar-refractivity contribution in [2.75, 3.05) is 26.9 Å². The number of para-hydroxylation sites is 1. The topological polar surface area (TPSA) is 64.1 Å². The number of nitrogens with zero attached hydrogens (tertiary/aromatic N) is 1. The van der Waals surface area contributed by atoms with E-state index in [4.69, 9.17) is 25.8 Å². The Morgan fingerprint density at radius 2 is 1.97 bits per heavy atom. The molecule has 0 spiro atoms. The lowest BCUT2D eigenvalue weighted by atomic mass is 10.1. The second-order valence-electron chi connectivity index (χ2n) is 7.28. The molecule has 1 fully saturated rings. The van der Waals surface area contributed by atoms with Gasteiger partial charge >= 0.3 is 0 Å². The molecule has 30 heavy (non-hydrogen) atoms. The van der Waals surface area contributed by atoms with Gasteiger partial charge in [0.15, 0.2) is 5.96 Å². The van der Waals surface area contributed by atoms with Crippen LogP contribution in [-0.4, -0.2) is 45.0 Å². The Morgan fingerprint density at radius 1 is 1.20 bits per heavy atom. The Hall–Kier alpha value is -2.28. The third-order valence-electron chi connectivity index (χ3n) is 4.86. The maximum atomic E-state index is 6.19. The molecule has 2 aromatic carbocycles. The monoisotopic (exact) mass is 431 g/mol. The van der Waals surface area contributed by atoms with Crippen LogP contribution in [0.25, 0.3) is 0 Å². The third-order valence-corrected chi connectivity index (χ3v) is 5.17. The molecule has 1 saturated heterocycles. The van der Waals surface area contributed by atoms with Gasteiger partial charge in [-0.2, -0.15) is 0 Å². The van der Waals surface area contributed by atoms with E-state index in [2.05, 4.69) is 34.7 Å². The molecule has 162 valence electrons. The fraction of sp³-hybridized carbons (Fsp3) is 0.435. The van der Waals surface area contributed by atoms with E-state index in [1.54, 1.807) is 7.05 Å². The number of ether oxygens (including phenoxy) is 3. The summed E-state index contributed by atoms with van der Waals surface area (Å²) >= 11 is 6.19. The second-order valence-corrected chi connectivity index (χ2v) is 7.69. The van der Waals surface area contributed by atoms with Crippen molar-refractivity contribution in [1.29, 1.82) is 0 Å². The fourth-order valence-electron chi connectivity index (χ4n) is 3.16. The first-order valence-electron chi connectivity index (χ1n) is 10.3. The lowest BCUT2D eigenvalue weighted by Crippen LogP contribution is -2.44. The summed E-state index contributed by atoms with van der Waals surface area (Å²) in [5.74, 6) is 1.41. The SMILES string of the molecule is CN=C(NCc1ccccc1COc1ccccc1Cl)NC(C)COC1CCOC1. The summed E-state index contributed by atoms with van der Waals surface area (Å²) in [6, 6.07) is 15.8. The van der Waals surface area contributed by atoms with Crippen molar-refractivity contribution in [1.82, 2.24) is 10.6 Å². The van der Waals surface area contributed by atoms with Gasteiger partial charge in [0.05, 0.1) is 24.3 Å². The van der Waals surface area contributed by atoms with Crippen LogP contribution in [0, 0.1) is 0 Å². The molecule has 2 N–H and O–H groups in total. The Kier molecular flexibility index (Phi) is 8.81. The number of nitrogens with one attached hydrogen (secondary N) is 2. The smallest absolute Gasteiger partial charge is 0.191 e. The van der Waals surface area contributed by atoms with Gasteiger partial charge in [0.25, 0.3) is 0 Å². The van der Waals surface area contributed by atoms with Gasteiger partial charge < -0.3 is 24.8 Å². The van der Waals surface area contributed by atoms with Crippen LogP contribution >= 0.6 is 11.6 Å². The van der Waals surface area contributed by atoms with Crippen LogP contribution in [0.2, 0.25) is 5.02 Å². The van der Waals surface area contributed by atoms with Gasteiger partial charge in [0, 0.05) is 26.2 Å². The molecule has 0 bridgehead atoms. The minimum absolute atomic E-state index is 0.135. The highest BCUT2D eigenvalue weighted by Gasteiger charge is 2.17. The summed E-state index contributed by atoms with van der Waals surface area (Å²) in [4.78, 5) is 4.32. The predicted molar refractivity (Wildman–Crippen MR) is 120 cm³/mol. The van der Waals surface area contributed by atoms with Crippen molar-refractivity contribution < 1.29 is 14.2 Å². The average Bonchev–Trinajstić information content (AvgIpc) is 3.29. The number of aliphatic imine (C=N–C) groups is 1. The van der Waals surface area contributed by atoms with Crippen LogP contribution < -0.4 is 15.4 Å². The molecule has 2 unspecified atom stereocenters. The quantitative estimate of drug-likeness (QED) is 0.467. The lowest BCUT2D eigenvalue weighted by molar-refractivity contribution is 0.0347. The zero-order valence-electron chi connectivity index (χ0n) is 17.6. The van der Waals surface area contributed by atoms with Gasteiger partial charge in [0.1, 0.15) is 12.4 Å². The zero-order valence-corrected chi connectivity index (χ0v) is 18.3. The number of halogens is 1. The molecular formula is C23H30ClN3O3. The van der Waals surface area contributed by atoms with Gasteiger partial charge in [-0.1, -0.05) is 48.0 Å². The first-order valence-corrected chi connectivity index (χ1v) is 10.6. The molecule has 6 nitrogen and oxygen atoms in total. The minimum atomic E-state index is 0.135. The Morgan fingerprint density at radius 3 is 2.70 bits per heavy atom. The van der Waals surface area contributed by atoms with E-state index in [-0.39, 0.29) is 12.1 Å². The maximum Gasteiger partial charge on any atom is 0.191 e. The van der Waals surface area contributed by atoms with Crippen molar-refractivity contribution in [3.63, 3.8) is 0 Å². The minimum Gasteiger partial charge on any atom is -0.487 e. The van der Waals surface area contributed by atoms with E-state index in [1.807, 2.05) is 36.4 Å². The highest BCUT2D eigenvalue weighted by molar-refractivity contribution is 6.32. The van der Waals surface area contributed by atoms with E-state index in [0.29, 0.717) is 37.1 Å². The van der Waals surface area contributed by atoms with Crippen molar-refractivity contribution in [3.05, 3.63) is 64.7 Å². The highest BCUT2D eigenvalue weighted by atomic mass is 35.5. The van der Waals surface area contributed by atoms with Gasteiger partial charge in [-0.25, -0.2) is 0 Å². The lowest BCUT2D eigenvalue weighted by Gasteiger charge is -2.20. The second kappa shape index (κ2) is 11.8. The summed E-state index contributed by atoms with van der Waals surface area (Å²) < 4.78 is 17.1. The third kappa shape index (κ3) is 6.90. The Labute approximate surface area is 183 Å². The van der Waals surface area contributed by atoms with Crippen LogP contribution in [0.15, 0.2) is 53.5 Å². The average molecular weight is 432 g/mol. The van der Waals surface area contributed by atoms with Crippen LogP contribution in [0.1, 0.15) is 24.5 Å². The zero-order chi connectivity index (χ0) is 21.2. The normalized spacial score (nSPS) is 17.6. The summed E-state index contributed by atoms with van der Waals surface area (Å²) in [6.07, 6.45) is 1.17. The van der Waals surface area contributed by atoms with E-state index in [9.17, 15) is 0 Å². The van der Waals surface area contributed by atoms with Crippen LogP contribution in [0.4, 0.5) is 0 Å². The molecule has 0 amide bonds. The number of guanidine groups is 1. The number of hydrogen-bond acceptors (Lipinski definition) is 4. The molecule has 0 aromatic heterocycles. The summed E-state index contributed by atoms with van der Waals surface area (Å²) in [5, 5.41) is 7.35. The predicted octanol–water partition coefficient (Wildman–Crippen LogP) is 3.78. The van der Waals surface area contributed by atoms with Crippen molar-refractivity contribution in [2.45, 2.75) is 38.6 Å².